The van der Waals surface area contributed by atoms with Crippen LogP contribution < -0.4 is 0 Å². The summed E-state index contributed by atoms with van der Waals surface area (Å²) in [6.45, 7) is 3.95. The van der Waals surface area contributed by atoms with Gasteiger partial charge in [-0.2, -0.15) is 0 Å². The molecule has 4 aromatic rings. The largest absolute Gasteiger partial charge is 0.381 e. The highest BCUT2D eigenvalue weighted by atomic mass is 32.1. The van der Waals surface area contributed by atoms with Crippen LogP contribution >= 0.6 is 11.3 Å². The number of halogens is 2. The molecule has 4 heterocycles. The van der Waals surface area contributed by atoms with Gasteiger partial charge in [-0.25, -0.2) is 13.8 Å². The number of Topliss-reactive ketones (excluding diaryl/α,β-unsaturated/α-hetero) is 1. The second-order valence-corrected chi connectivity index (χ2v) is 11.3. The van der Waals surface area contributed by atoms with E-state index >= 15 is 0 Å². The van der Waals surface area contributed by atoms with Crippen molar-refractivity contribution >= 4 is 32.3 Å². The first-order valence-electron chi connectivity index (χ1n) is 13.2. The number of rotatable bonds is 8. The molecule has 0 radical (unpaired) electrons. The topological polar surface area (TPSA) is 46.8 Å². The number of fused-ring (bicyclic) bond motifs is 3. The molecule has 0 amide bonds. The monoisotopic (exact) mass is 523 g/mol. The zero-order chi connectivity index (χ0) is 25.4. The lowest BCUT2D eigenvalue weighted by atomic mass is 9.96. The molecule has 6 rings (SSSR count). The van der Waals surface area contributed by atoms with Crippen LogP contribution in [-0.4, -0.2) is 59.1 Å². The van der Waals surface area contributed by atoms with Crippen LogP contribution in [0.1, 0.15) is 60.4 Å². The fraction of sp³-hybridized carbons (Fsp3) is 0.448. The lowest BCUT2D eigenvalue weighted by molar-refractivity contribution is 0.0976. The molecule has 2 aromatic carbocycles. The Hall–Kier alpha value is -2.68. The number of ketones is 1. The smallest absolute Gasteiger partial charge is 0.195 e. The van der Waals surface area contributed by atoms with Crippen LogP contribution in [0.15, 0.2) is 42.6 Å². The summed E-state index contributed by atoms with van der Waals surface area (Å²) in [5.74, 6) is 0.139. The Labute approximate surface area is 219 Å². The minimum absolute atomic E-state index is 0.144. The van der Waals surface area contributed by atoms with Gasteiger partial charge in [-0.05, 0) is 74.5 Å². The number of benzene rings is 2. The van der Waals surface area contributed by atoms with Crippen molar-refractivity contribution < 1.29 is 18.3 Å². The fourth-order valence-corrected chi connectivity index (χ4v) is 6.53. The highest BCUT2D eigenvalue weighted by molar-refractivity contribution is 7.23. The number of thiazole rings is 1. The van der Waals surface area contributed by atoms with Crippen LogP contribution in [0.25, 0.3) is 26.4 Å². The molecule has 0 unspecified atom stereocenters. The first-order chi connectivity index (χ1) is 18.0. The standard InChI is InChI=1S/C29H31F2N3O2S/c30-22-8-12-33(13-9-22)11-2-1-3-27(35)20-5-7-26-28(16-20)37-29-32-25(17-34(26)29)23-6-4-19(15-24(23)31)21-10-14-36-18-21/h4-7,15-17,21-22H,1-3,8-14,18H2/t21-/m0/s1. The Morgan fingerprint density at radius 1 is 1.11 bits per heavy atom. The molecule has 0 aliphatic carbocycles. The second kappa shape index (κ2) is 10.6. The number of likely N-dealkylation sites (tertiary alicyclic amines) is 1. The summed E-state index contributed by atoms with van der Waals surface area (Å²) in [5.41, 5.74) is 3.76. The highest BCUT2D eigenvalue weighted by Gasteiger charge is 2.21. The summed E-state index contributed by atoms with van der Waals surface area (Å²) in [4.78, 5) is 20.6. The summed E-state index contributed by atoms with van der Waals surface area (Å²) in [5, 5.41) is 0. The molecule has 2 aromatic heterocycles. The van der Waals surface area contributed by atoms with Gasteiger partial charge < -0.3 is 9.64 Å². The van der Waals surface area contributed by atoms with Crippen LogP contribution in [0.4, 0.5) is 8.78 Å². The maximum atomic E-state index is 15.0. The van der Waals surface area contributed by atoms with Crippen molar-refractivity contribution in [2.45, 2.75) is 50.6 Å². The molecule has 2 aliphatic heterocycles. The quantitative estimate of drug-likeness (QED) is 0.192. The van der Waals surface area contributed by atoms with E-state index in [1.165, 1.54) is 11.3 Å². The molecule has 0 N–H and O–H groups in total. The molecule has 194 valence electrons. The molecule has 0 saturated carbocycles. The average molecular weight is 524 g/mol. The van der Waals surface area contributed by atoms with Crippen LogP contribution in [0.2, 0.25) is 0 Å². The Bertz CT molecular complexity index is 1420. The summed E-state index contributed by atoms with van der Waals surface area (Å²) < 4.78 is 36.7. The van der Waals surface area contributed by atoms with Gasteiger partial charge in [0.25, 0.3) is 0 Å². The number of carbonyl (C=O) groups is 1. The number of piperidine rings is 1. The third-order valence-corrected chi connectivity index (χ3v) is 8.75. The molecule has 8 heteroatoms. The number of alkyl halides is 1. The molecular formula is C29H31F2N3O2S. The van der Waals surface area contributed by atoms with Gasteiger partial charge >= 0.3 is 0 Å². The number of nitrogens with zero attached hydrogens (tertiary/aromatic N) is 3. The van der Waals surface area contributed by atoms with Crippen molar-refractivity contribution in [3.63, 3.8) is 0 Å². The second-order valence-electron chi connectivity index (χ2n) is 10.3. The molecule has 5 nitrogen and oxygen atoms in total. The van der Waals surface area contributed by atoms with Gasteiger partial charge in [-0.3, -0.25) is 9.20 Å². The third-order valence-electron chi connectivity index (χ3n) is 7.73. The molecule has 2 fully saturated rings. The fourth-order valence-electron chi connectivity index (χ4n) is 5.49. The average Bonchev–Trinajstić information content (AvgIpc) is 3.64. The van der Waals surface area contributed by atoms with E-state index in [2.05, 4.69) is 4.90 Å². The van der Waals surface area contributed by atoms with Gasteiger partial charge in [0.15, 0.2) is 10.7 Å². The number of aromatic nitrogens is 2. The van der Waals surface area contributed by atoms with Crippen LogP contribution in [0, 0.1) is 5.82 Å². The Morgan fingerprint density at radius 2 is 1.97 bits per heavy atom. The minimum atomic E-state index is -0.649. The molecule has 37 heavy (non-hydrogen) atoms. The predicted octanol–water partition coefficient (Wildman–Crippen LogP) is 6.65. The molecule has 2 aliphatic rings. The minimum Gasteiger partial charge on any atom is -0.381 e. The van der Waals surface area contributed by atoms with Crippen molar-refractivity contribution in [3.8, 4) is 11.3 Å². The zero-order valence-corrected chi connectivity index (χ0v) is 21.6. The van der Waals surface area contributed by atoms with Gasteiger partial charge in [0.1, 0.15) is 12.0 Å². The van der Waals surface area contributed by atoms with E-state index in [0.29, 0.717) is 42.7 Å². The zero-order valence-electron chi connectivity index (χ0n) is 20.8. The number of imidazole rings is 1. The summed E-state index contributed by atoms with van der Waals surface area (Å²) in [7, 11) is 0. The number of unbranched alkanes of at least 4 members (excludes halogenated alkanes) is 1. The number of hydrogen-bond acceptors (Lipinski definition) is 5. The van der Waals surface area contributed by atoms with Crippen molar-refractivity contribution in [2.75, 3.05) is 32.8 Å². The van der Waals surface area contributed by atoms with Crippen molar-refractivity contribution in [3.05, 3.63) is 59.5 Å². The van der Waals surface area contributed by atoms with Gasteiger partial charge in [0.05, 0.1) is 22.5 Å². The van der Waals surface area contributed by atoms with Crippen molar-refractivity contribution in [2.24, 2.45) is 0 Å². The van der Waals surface area contributed by atoms with Gasteiger partial charge in [-0.15, -0.1) is 0 Å². The third kappa shape index (κ3) is 5.19. The van der Waals surface area contributed by atoms with E-state index in [1.54, 1.807) is 6.07 Å². The number of carbonyl (C=O) groups excluding carboxylic acids is 1. The Kier molecular flexibility index (Phi) is 7.06. The maximum absolute atomic E-state index is 15.0. The van der Waals surface area contributed by atoms with Gasteiger partial charge in [0, 0.05) is 49.4 Å². The normalized spacial score (nSPS) is 19.4. The van der Waals surface area contributed by atoms with Crippen LogP contribution in [0.5, 0.6) is 0 Å². The summed E-state index contributed by atoms with van der Waals surface area (Å²) >= 11 is 1.51. The van der Waals surface area contributed by atoms with E-state index in [-0.39, 0.29) is 17.5 Å². The Morgan fingerprint density at radius 3 is 2.76 bits per heavy atom. The highest BCUT2D eigenvalue weighted by Crippen LogP contribution is 2.33. The maximum Gasteiger partial charge on any atom is 0.195 e. The van der Waals surface area contributed by atoms with E-state index in [9.17, 15) is 13.6 Å². The van der Waals surface area contributed by atoms with E-state index in [4.69, 9.17) is 9.72 Å². The first kappa shape index (κ1) is 24.6. The molecular weight excluding hydrogens is 492 g/mol. The molecule has 0 bridgehead atoms. The SMILES string of the molecule is O=C(CCCCN1CCC(F)CC1)c1ccc2c(c1)sc1nc(-c3ccc([C@H]4CCOC4)cc3F)cn12. The molecule has 0 spiro atoms. The molecule has 1 atom stereocenters. The number of hydrogen-bond donors (Lipinski definition) is 0. The number of ether oxygens (including phenoxy) is 1. The van der Waals surface area contributed by atoms with E-state index < -0.39 is 6.17 Å². The van der Waals surface area contributed by atoms with E-state index in [1.807, 2.05) is 40.9 Å². The summed E-state index contributed by atoms with van der Waals surface area (Å²) in [6.07, 6.45) is 5.71. The predicted molar refractivity (Wildman–Crippen MR) is 143 cm³/mol. The van der Waals surface area contributed by atoms with Crippen LogP contribution in [-0.2, 0) is 4.74 Å². The van der Waals surface area contributed by atoms with E-state index in [0.717, 1.165) is 66.2 Å². The van der Waals surface area contributed by atoms with Gasteiger partial charge in [0.2, 0.25) is 0 Å². The summed E-state index contributed by atoms with van der Waals surface area (Å²) in [6, 6.07) is 11.2. The van der Waals surface area contributed by atoms with Crippen molar-refractivity contribution in [1.82, 2.24) is 14.3 Å². The first-order valence-corrected chi connectivity index (χ1v) is 14.1. The lowest BCUT2D eigenvalue weighted by Gasteiger charge is -2.28. The Balaban J connectivity index is 1.12. The lowest BCUT2D eigenvalue weighted by Crippen LogP contribution is -2.35. The molecule has 2 saturated heterocycles. The van der Waals surface area contributed by atoms with Gasteiger partial charge in [-0.1, -0.05) is 17.4 Å². The van der Waals surface area contributed by atoms with Crippen molar-refractivity contribution in [1.29, 1.82) is 0 Å². The van der Waals surface area contributed by atoms with Crippen LogP contribution in [0.3, 0.4) is 0 Å².